The molecular formula is C10H20N4S. The molecule has 0 aromatic rings. The summed E-state index contributed by atoms with van der Waals surface area (Å²) in [6.45, 7) is 7.56. The van der Waals surface area contributed by atoms with Crippen molar-refractivity contribution in [3.8, 4) is 6.19 Å². The zero-order chi connectivity index (χ0) is 11.9. The number of hydrazine groups is 1. The minimum Gasteiger partial charge on any atom is -0.351 e. The van der Waals surface area contributed by atoms with Gasteiger partial charge < -0.3 is 4.90 Å². The first-order valence-corrected chi connectivity index (χ1v) is 5.49. The van der Waals surface area contributed by atoms with Crippen LogP contribution >= 0.6 is 12.2 Å². The van der Waals surface area contributed by atoms with E-state index in [1.165, 1.54) is 0 Å². The fourth-order valence-electron chi connectivity index (χ4n) is 0.926. The van der Waals surface area contributed by atoms with Crippen molar-refractivity contribution in [2.75, 3.05) is 13.6 Å². The van der Waals surface area contributed by atoms with E-state index in [4.69, 9.17) is 17.5 Å². The maximum absolute atomic E-state index is 8.29. The van der Waals surface area contributed by atoms with Crippen molar-refractivity contribution in [2.45, 2.75) is 33.6 Å². The molecule has 4 nitrogen and oxygen atoms in total. The molecule has 5 heteroatoms. The van der Waals surface area contributed by atoms with Crippen LogP contribution in [0, 0.1) is 16.9 Å². The van der Waals surface area contributed by atoms with Crippen LogP contribution in [0.5, 0.6) is 0 Å². The maximum atomic E-state index is 8.29. The number of nitrogens with zero attached hydrogens (tertiary/aromatic N) is 2. The Kier molecular flexibility index (Phi) is 6.02. The molecule has 0 atom stereocenters. The van der Waals surface area contributed by atoms with Gasteiger partial charge in [-0.15, -0.1) is 0 Å². The lowest BCUT2D eigenvalue weighted by molar-refractivity contribution is 0.287. The average Bonchev–Trinajstić information content (AvgIpc) is 2.22. The summed E-state index contributed by atoms with van der Waals surface area (Å²) in [6, 6.07) is 0. The number of rotatable bonds is 5. The van der Waals surface area contributed by atoms with Crippen molar-refractivity contribution in [2.24, 2.45) is 5.41 Å². The Morgan fingerprint density at radius 2 is 2.13 bits per heavy atom. The summed E-state index contributed by atoms with van der Waals surface area (Å²) in [7, 11) is 1.92. The molecule has 2 N–H and O–H groups in total. The van der Waals surface area contributed by atoms with Crippen molar-refractivity contribution in [3.63, 3.8) is 0 Å². The molecule has 15 heavy (non-hydrogen) atoms. The summed E-state index contributed by atoms with van der Waals surface area (Å²) in [6.07, 6.45) is 3.99. The Bertz CT molecular complexity index is 244. The first-order valence-electron chi connectivity index (χ1n) is 5.08. The maximum Gasteiger partial charge on any atom is 0.197 e. The van der Waals surface area contributed by atoms with Crippen LogP contribution in [-0.4, -0.2) is 23.6 Å². The van der Waals surface area contributed by atoms with E-state index >= 15 is 0 Å². The van der Waals surface area contributed by atoms with E-state index in [2.05, 4.69) is 31.6 Å². The van der Waals surface area contributed by atoms with Gasteiger partial charge in [0.25, 0.3) is 0 Å². The van der Waals surface area contributed by atoms with Crippen LogP contribution in [0.4, 0.5) is 0 Å². The summed E-state index contributed by atoms with van der Waals surface area (Å²) in [5.74, 6) is 0. The van der Waals surface area contributed by atoms with Gasteiger partial charge in [0.15, 0.2) is 11.3 Å². The number of nitriles is 1. The molecule has 0 rings (SSSR count). The van der Waals surface area contributed by atoms with Gasteiger partial charge in [-0.1, -0.05) is 27.2 Å². The smallest absolute Gasteiger partial charge is 0.197 e. The highest BCUT2D eigenvalue weighted by Gasteiger charge is 2.16. The Balaban J connectivity index is 3.88. The van der Waals surface area contributed by atoms with Gasteiger partial charge in [-0.3, -0.25) is 5.43 Å². The quantitative estimate of drug-likeness (QED) is 0.324. The van der Waals surface area contributed by atoms with Crippen LogP contribution in [0.15, 0.2) is 0 Å². The van der Waals surface area contributed by atoms with E-state index in [1.54, 1.807) is 6.19 Å². The molecule has 0 radical (unpaired) electrons. The van der Waals surface area contributed by atoms with Crippen molar-refractivity contribution in [3.05, 3.63) is 0 Å². The van der Waals surface area contributed by atoms with Crippen LogP contribution < -0.4 is 10.9 Å². The summed E-state index contributed by atoms with van der Waals surface area (Å²) in [5.41, 5.74) is 5.29. The third kappa shape index (κ3) is 6.13. The molecular weight excluding hydrogens is 208 g/mol. The number of hydrogen-bond donors (Lipinski definition) is 2. The molecule has 0 saturated carbocycles. The third-order valence-electron chi connectivity index (χ3n) is 2.65. The first kappa shape index (κ1) is 14.0. The molecule has 86 valence electrons. The van der Waals surface area contributed by atoms with Crippen LogP contribution in [0.2, 0.25) is 0 Å². The highest BCUT2D eigenvalue weighted by atomic mass is 32.1. The summed E-state index contributed by atoms with van der Waals surface area (Å²) in [5, 5.41) is 8.84. The molecule has 0 aliphatic carbocycles. The number of thiocarbonyl (C=S) groups is 1. The third-order valence-corrected chi connectivity index (χ3v) is 3.07. The second kappa shape index (κ2) is 6.46. The Labute approximate surface area is 97.6 Å². The summed E-state index contributed by atoms with van der Waals surface area (Å²) >= 11 is 5.07. The molecule has 0 aliphatic rings. The molecule has 0 aliphatic heterocycles. The molecule has 0 unspecified atom stereocenters. The molecule has 0 amide bonds. The van der Waals surface area contributed by atoms with Gasteiger partial charge in [0.05, 0.1) is 0 Å². The van der Waals surface area contributed by atoms with E-state index in [0.29, 0.717) is 10.5 Å². The van der Waals surface area contributed by atoms with Crippen LogP contribution in [0.3, 0.4) is 0 Å². The van der Waals surface area contributed by atoms with Gasteiger partial charge in [0, 0.05) is 13.6 Å². The standard InChI is InChI=1S/C10H20N4S/c1-5-10(2,3)6-7-14(4)9(15)13-12-8-11/h12H,5-7H2,1-4H3,(H,13,15). The summed E-state index contributed by atoms with van der Waals surface area (Å²) in [4.78, 5) is 1.93. The lowest BCUT2D eigenvalue weighted by atomic mass is 9.86. The average molecular weight is 228 g/mol. The SMILES string of the molecule is CCC(C)(C)CCN(C)C(=S)NNC#N. The van der Waals surface area contributed by atoms with Crippen molar-refractivity contribution in [1.29, 1.82) is 5.26 Å². The van der Waals surface area contributed by atoms with Crippen molar-refractivity contribution in [1.82, 2.24) is 15.8 Å². The van der Waals surface area contributed by atoms with Gasteiger partial charge in [0.1, 0.15) is 0 Å². The summed E-state index contributed by atoms with van der Waals surface area (Å²) < 4.78 is 0. The number of nitrogens with one attached hydrogen (secondary N) is 2. The molecule has 0 saturated heterocycles. The lowest BCUT2D eigenvalue weighted by Crippen LogP contribution is -2.43. The van der Waals surface area contributed by atoms with Gasteiger partial charge >= 0.3 is 0 Å². The van der Waals surface area contributed by atoms with E-state index in [0.717, 1.165) is 19.4 Å². The second-order valence-electron chi connectivity index (χ2n) is 4.36. The van der Waals surface area contributed by atoms with E-state index in [9.17, 15) is 0 Å². The van der Waals surface area contributed by atoms with Crippen LogP contribution in [0.1, 0.15) is 33.6 Å². The van der Waals surface area contributed by atoms with Gasteiger partial charge in [-0.25, -0.2) is 5.43 Å². The zero-order valence-corrected chi connectivity index (χ0v) is 10.7. The minimum absolute atomic E-state index is 0.340. The fraction of sp³-hybridized carbons (Fsp3) is 0.800. The molecule has 0 spiro atoms. The van der Waals surface area contributed by atoms with Gasteiger partial charge in [-0.2, -0.15) is 5.26 Å². The second-order valence-corrected chi connectivity index (χ2v) is 4.74. The highest BCUT2D eigenvalue weighted by Crippen LogP contribution is 2.24. The van der Waals surface area contributed by atoms with E-state index < -0.39 is 0 Å². The zero-order valence-electron chi connectivity index (χ0n) is 9.92. The molecule has 0 aromatic carbocycles. The Morgan fingerprint density at radius 3 is 2.60 bits per heavy atom. The Hall–Kier alpha value is -1.02. The number of hydrogen-bond acceptors (Lipinski definition) is 3. The predicted octanol–water partition coefficient (Wildman–Crippen LogP) is 1.60. The molecule has 0 fully saturated rings. The van der Waals surface area contributed by atoms with Crippen molar-refractivity contribution >= 4 is 17.3 Å². The largest absolute Gasteiger partial charge is 0.351 e. The van der Waals surface area contributed by atoms with Crippen LogP contribution in [0.25, 0.3) is 0 Å². The highest BCUT2D eigenvalue weighted by molar-refractivity contribution is 7.80. The minimum atomic E-state index is 0.340. The van der Waals surface area contributed by atoms with Crippen LogP contribution in [-0.2, 0) is 0 Å². The predicted molar refractivity (Wildman–Crippen MR) is 65.8 cm³/mol. The Morgan fingerprint density at radius 1 is 1.53 bits per heavy atom. The molecule has 0 heterocycles. The van der Waals surface area contributed by atoms with Crippen molar-refractivity contribution < 1.29 is 0 Å². The lowest BCUT2D eigenvalue weighted by Gasteiger charge is -2.27. The topological polar surface area (TPSA) is 51.1 Å². The molecule has 0 aromatic heterocycles. The normalized spacial score (nSPS) is 10.3. The van der Waals surface area contributed by atoms with Gasteiger partial charge in [0.2, 0.25) is 0 Å². The fourth-order valence-corrected chi connectivity index (χ4v) is 1.07. The molecule has 0 bridgehead atoms. The first-order chi connectivity index (χ1) is 6.93. The van der Waals surface area contributed by atoms with Gasteiger partial charge in [-0.05, 0) is 24.1 Å². The van der Waals surface area contributed by atoms with E-state index in [-0.39, 0.29) is 0 Å². The van der Waals surface area contributed by atoms with E-state index in [1.807, 2.05) is 11.9 Å². The monoisotopic (exact) mass is 228 g/mol.